The van der Waals surface area contributed by atoms with Gasteiger partial charge in [0.2, 0.25) is 5.91 Å². The van der Waals surface area contributed by atoms with Crippen molar-refractivity contribution >= 4 is 23.7 Å². The summed E-state index contributed by atoms with van der Waals surface area (Å²) in [4.78, 5) is 23.6. The highest BCUT2D eigenvalue weighted by Crippen LogP contribution is 2.17. The molecule has 1 aromatic rings. The Morgan fingerprint density at radius 3 is 2.63 bits per heavy atom. The zero-order valence-corrected chi connectivity index (χ0v) is 16.6. The van der Waals surface area contributed by atoms with Gasteiger partial charge in [0.05, 0.1) is 0 Å². The molecular weight excluding hydrogens is 365 g/mol. The number of nitrogens with one attached hydrogen (secondary N) is 3. The maximum absolute atomic E-state index is 13.5. The van der Waals surface area contributed by atoms with Crippen LogP contribution in [0.15, 0.2) is 24.3 Å². The van der Waals surface area contributed by atoms with Crippen molar-refractivity contribution in [3.05, 3.63) is 35.6 Å². The first-order valence-corrected chi connectivity index (χ1v) is 10.9. The minimum Gasteiger partial charge on any atom is -0.355 e. The lowest BCUT2D eigenvalue weighted by molar-refractivity contribution is -0.121. The van der Waals surface area contributed by atoms with E-state index in [-0.39, 0.29) is 17.8 Å². The normalized spacial score (nSPS) is 14.6. The van der Waals surface area contributed by atoms with Crippen molar-refractivity contribution in [2.24, 2.45) is 0 Å². The molecule has 0 heterocycles. The van der Waals surface area contributed by atoms with Gasteiger partial charge >= 0.3 is 6.03 Å². The number of hydrogen-bond donors (Lipinski definition) is 3. The average molecular weight is 396 g/mol. The molecule has 0 unspecified atom stereocenters. The number of thioether (sulfide) groups is 1. The molecule has 150 valence electrons. The van der Waals surface area contributed by atoms with Gasteiger partial charge in [0, 0.05) is 37.1 Å². The highest BCUT2D eigenvalue weighted by molar-refractivity contribution is 7.98. The van der Waals surface area contributed by atoms with Gasteiger partial charge in [-0.1, -0.05) is 37.5 Å². The molecule has 0 atom stereocenters. The van der Waals surface area contributed by atoms with E-state index < -0.39 is 0 Å². The van der Waals surface area contributed by atoms with Crippen LogP contribution in [0.25, 0.3) is 0 Å². The molecule has 0 aromatic heterocycles. The zero-order chi connectivity index (χ0) is 19.3. The van der Waals surface area contributed by atoms with E-state index in [2.05, 4.69) is 16.0 Å². The summed E-state index contributed by atoms with van der Waals surface area (Å²) in [6.45, 7) is 1.06. The van der Waals surface area contributed by atoms with Crippen molar-refractivity contribution in [2.75, 3.05) is 18.8 Å². The zero-order valence-electron chi connectivity index (χ0n) is 15.8. The lowest BCUT2D eigenvalue weighted by atomic mass is 9.96. The molecule has 0 radical (unpaired) electrons. The fraction of sp³-hybridized carbons (Fsp3) is 0.600. The molecule has 0 spiro atoms. The molecule has 0 aliphatic heterocycles. The SMILES string of the molecule is O=C(CCCNC(=O)NC1CCCCC1)NCCSCc1ccccc1F. The Bertz CT molecular complexity index is 594. The smallest absolute Gasteiger partial charge is 0.315 e. The molecule has 27 heavy (non-hydrogen) atoms. The number of benzene rings is 1. The maximum atomic E-state index is 13.5. The largest absolute Gasteiger partial charge is 0.355 e. The monoisotopic (exact) mass is 395 g/mol. The summed E-state index contributed by atoms with van der Waals surface area (Å²) in [5, 5.41) is 8.66. The summed E-state index contributed by atoms with van der Waals surface area (Å²) in [6.07, 6.45) is 6.76. The fourth-order valence-corrected chi connectivity index (χ4v) is 3.93. The third kappa shape index (κ3) is 9.13. The first-order chi connectivity index (χ1) is 13.1. The number of rotatable bonds is 10. The highest BCUT2D eigenvalue weighted by atomic mass is 32.2. The summed E-state index contributed by atoms with van der Waals surface area (Å²) in [7, 11) is 0. The number of carbonyl (C=O) groups is 2. The van der Waals surface area contributed by atoms with Gasteiger partial charge < -0.3 is 16.0 Å². The van der Waals surface area contributed by atoms with Crippen LogP contribution >= 0.6 is 11.8 Å². The van der Waals surface area contributed by atoms with E-state index in [1.54, 1.807) is 23.9 Å². The van der Waals surface area contributed by atoms with Gasteiger partial charge in [0.15, 0.2) is 0 Å². The van der Waals surface area contributed by atoms with E-state index in [1.807, 2.05) is 6.07 Å². The van der Waals surface area contributed by atoms with Gasteiger partial charge in [-0.2, -0.15) is 11.8 Å². The lowest BCUT2D eigenvalue weighted by Gasteiger charge is -2.22. The van der Waals surface area contributed by atoms with Gasteiger partial charge in [-0.15, -0.1) is 0 Å². The molecule has 1 fully saturated rings. The van der Waals surface area contributed by atoms with Crippen molar-refractivity contribution in [3.8, 4) is 0 Å². The Morgan fingerprint density at radius 1 is 1.07 bits per heavy atom. The molecular formula is C20H30FN3O2S. The summed E-state index contributed by atoms with van der Waals surface area (Å²) < 4.78 is 13.5. The molecule has 2 rings (SSSR count). The second-order valence-electron chi connectivity index (χ2n) is 6.83. The van der Waals surface area contributed by atoms with Crippen LogP contribution in [-0.2, 0) is 10.5 Å². The van der Waals surface area contributed by atoms with E-state index in [9.17, 15) is 14.0 Å². The Balaban J connectivity index is 1.44. The standard InChI is InChI=1S/C20H30FN3O2S/c21-18-10-5-4-7-16(18)15-27-14-13-22-19(25)11-6-12-23-20(26)24-17-8-2-1-3-9-17/h4-5,7,10,17H,1-3,6,8-9,11-15H2,(H,22,25)(H2,23,24,26). The van der Waals surface area contributed by atoms with Crippen molar-refractivity contribution < 1.29 is 14.0 Å². The second kappa shape index (κ2) is 12.6. The van der Waals surface area contributed by atoms with Crippen LogP contribution in [-0.4, -0.2) is 36.8 Å². The topological polar surface area (TPSA) is 70.2 Å². The van der Waals surface area contributed by atoms with Crippen LogP contribution in [0.2, 0.25) is 0 Å². The van der Waals surface area contributed by atoms with E-state index >= 15 is 0 Å². The van der Waals surface area contributed by atoms with Gasteiger partial charge in [0.1, 0.15) is 5.82 Å². The molecule has 5 nitrogen and oxygen atoms in total. The first-order valence-electron chi connectivity index (χ1n) is 9.77. The molecule has 0 bridgehead atoms. The van der Waals surface area contributed by atoms with Crippen LogP contribution < -0.4 is 16.0 Å². The van der Waals surface area contributed by atoms with Gasteiger partial charge in [-0.05, 0) is 30.9 Å². The minimum absolute atomic E-state index is 0.0176. The predicted octanol–water partition coefficient (Wildman–Crippen LogP) is 3.59. The third-order valence-corrected chi connectivity index (χ3v) is 5.60. The van der Waals surface area contributed by atoms with Crippen LogP contribution in [0.3, 0.4) is 0 Å². The number of hydrogen-bond acceptors (Lipinski definition) is 3. The Morgan fingerprint density at radius 2 is 1.85 bits per heavy atom. The molecule has 0 saturated heterocycles. The lowest BCUT2D eigenvalue weighted by Crippen LogP contribution is -2.43. The third-order valence-electron chi connectivity index (χ3n) is 4.59. The van der Waals surface area contributed by atoms with Crippen LogP contribution in [0.5, 0.6) is 0 Å². The van der Waals surface area contributed by atoms with E-state index in [1.165, 1.54) is 25.3 Å². The minimum atomic E-state index is -0.186. The number of urea groups is 1. The molecule has 1 aliphatic rings. The summed E-state index contributed by atoms with van der Waals surface area (Å²) in [6, 6.07) is 6.90. The Hall–Kier alpha value is -1.76. The molecule has 3 amide bonds. The Labute approximate surface area is 165 Å². The van der Waals surface area contributed by atoms with E-state index in [0.29, 0.717) is 43.3 Å². The first kappa shape index (κ1) is 21.5. The van der Waals surface area contributed by atoms with E-state index in [0.717, 1.165) is 18.6 Å². The van der Waals surface area contributed by atoms with Crippen molar-refractivity contribution in [2.45, 2.75) is 56.7 Å². The van der Waals surface area contributed by atoms with Crippen molar-refractivity contribution in [1.29, 1.82) is 0 Å². The predicted molar refractivity (Wildman–Crippen MR) is 108 cm³/mol. The van der Waals surface area contributed by atoms with Crippen LogP contribution in [0.1, 0.15) is 50.5 Å². The maximum Gasteiger partial charge on any atom is 0.315 e. The van der Waals surface area contributed by atoms with Gasteiger partial charge in [0.25, 0.3) is 0 Å². The van der Waals surface area contributed by atoms with Gasteiger partial charge in [-0.3, -0.25) is 4.79 Å². The number of halogens is 1. The average Bonchev–Trinajstić information content (AvgIpc) is 2.67. The molecule has 1 aromatic carbocycles. The number of carbonyl (C=O) groups excluding carboxylic acids is 2. The van der Waals surface area contributed by atoms with Crippen LogP contribution in [0, 0.1) is 5.82 Å². The number of amides is 3. The molecule has 1 saturated carbocycles. The van der Waals surface area contributed by atoms with Crippen molar-refractivity contribution in [1.82, 2.24) is 16.0 Å². The highest BCUT2D eigenvalue weighted by Gasteiger charge is 2.15. The summed E-state index contributed by atoms with van der Waals surface area (Å²) >= 11 is 1.59. The molecule has 3 N–H and O–H groups in total. The van der Waals surface area contributed by atoms with Crippen LogP contribution in [0.4, 0.5) is 9.18 Å². The molecule has 1 aliphatic carbocycles. The van der Waals surface area contributed by atoms with Gasteiger partial charge in [-0.25, -0.2) is 9.18 Å². The van der Waals surface area contributed by atoms with E-state index in [4.69, 9.17) is 0 Å². The van der Waals surface area contributed by atoms with Crippen molar-refractivity contribution in [3.63, 3.8) is 0 Å². The summed E-state index contributed by atoms with van der Waals surface area (Å²) in [5.74, 6) is 1.13. The second-order valence-corrected chi connectivity index (χ2v) is 7.94. The molecule has 7 heteroatoms. The fourth-order valence-electron chi connectivity index (χ4n) is 3.08. The summed E-state index contributed by atoms with van der Waals surface area (Å²) in [5.41, 5.74) is 0.686. The quantitative estimate of drug-likeness (QED) is 0.530. The Kier molecular flexibility index (Phi) is 10.0.